The van der Waals surface area contributed by atoms with Gasteiger partial charge >= 0.3 is 12.7 Å². The minimum absolute atomic E-state index is 0.0188. The molecule has 2 aromatic rings. The van der Waals surface area contributed by atoms with Gasteiger partial charge < -0.3 is 33.9 Å². The fourth-order valence-electron chi connectivity index (χ4n) is 4.51. The van der Waals surface area contributed by atoms with Crippen LogP contribution in [-0.4, -0.2) is 73.0 Å². The first-order chi connectivity index (χ1) is 18.1. The van der Waals surface area contributed by atoms with E-state index in [0.29, 0.717) is 49.8 Å². The fraction of sp³-hybridized carbons (Fsp3) is 0.577. The van der Waals surface area contributed by atoms with Crippen LogP contribution >= 0.6 is 0 Å². The van der Waals surface area contributed by atoms with Crippen LogP contribution in [0, 0.1) is 0 Å². The molecule has 4 rings (SSSR count). The summed E-state index contributed by atoms with van der Waals surface area (Å²) in [6.45, 7) is 4.45. The highest BCUT2D eigenvalue weighted by Crippen LogP contribution is 2.38. The maximum atomic E-state index is 12.8. The number of benzene rings is 1. The predicted octanol–water partition coefficient (Wildman–Crippen LogP) is 4.61. The maximum absolute atomic E-state index is 12.8. The summed E-state index contributed by atoms with van der Waals surface area (Å²) in [5.41, 5.74) is 2.31. The third-order valence-corrected chi connectivity index (χ3v) is 6.11. The number of ether oxygens (including phenoxy) is 5. The Morgan fingerprint density at radius 3 is 2.82 bits per heavy atom. The lowest BCUT2D eigenvalue weighted by molar-refractivity contribution is -0.0500. The van der Waals surface area contributed by atoms with Gasteiger partial charge in [-0.3, -0.25) is 0 Å². The van der Waals surface area contributed by atoms with Crippen LogP contribution in [0.4, 0.5) is 19.4 Å². The van der Waals surface area contributed by atoms with Gasteiger partial charge in [0.2, 0.25) is 0 Å². The average molecular weight is 537 g/mol. The minimum Gasteiger partial charge on any atom is -0.467 e. The average Bonchev–Trinajstić information content (AvgIpc) is 2.87. The molecule has 10 nitrogen and oxygen atoms in total. The number of carbonyl (C=O) groups is 1. The summed E-state index contributed by atoms with van der Waals surface area (Å²) < 4.78 is 52.0. The van der Waals surface area contributed by atoms with Gasteiger partial charge in [0.05, 0.1) is 13.2 Å². The lowest BCUT2D eigenvalue weighted by Gasteiger charge is -2.35. The van der Waals surface area contributed by atoms with Crippen LogP contribution in [0.1, 0.15) is 44.7 Å². The Bertz CT molecular complexity index is 1130. The van der Waals surface area contributed by atoms with E-state index in [1.54, 1.807) is 11.0 Å². The molecule has 38 heavy (non-hydrogen) atoms. The Morgan fingerprint density at radius 1 is 1.26 bits per heavy atom. The lowest BCUT2D eigenvalue weighted by Crippen LogP contribution is -2.47. The van der Waals surface area contributed by atoms with Crippen molar-refractivity contribution < 1.29 is 37.3 Å². The summed E-state index contributed by atoms with van der Waals surface area (Å²) >= 11 is 0. The van der Waals surface area contributed by atoms with Crippen LogP contribution in [0.2, 0.25) is 0 Å². The van der Waals surface area contributed by atoms with E-state index >= 15 is 0 Å². The van der Waals surface area contributed by atoms with E-state index in [1.807, 2.05) is 20.8 Å². The molecule has 2 aliphatic rings. The number of anilines is 1. The molecule has 208 valence electrons. The van der Waals surface area contributed by atoms with Gasteiger partial charge in [0.25, 0.3) is 0 Å². The van der Waals surface area contributed by atoms with E-state index in [9.17, 15) is 13.6 Å². The molecule has 0 bridgehead atoms. The quantitative estimate of drug-likeness (QED) is 0.484. The molecule has 2 aliphatic heterocycles. The van der Waals surface area contributed by atoms with Gasteiger partial charge in [-0.15, -0.1) is 10.2 Å². The van der Waals surface area contributed by atoms with Gasteiger partial charge in [0.15, 0.2) is 12.6 Å². The van der Waals surface area contributed by atoms with Crippen molar-refractivity contribution in [2.24, 2.45) is 0 Å². The van der Waals surface area contributed by atoms with E-state index < -0.39 is 12.2 Å². The second kappa shape index (κ2) is 12.1. The van der Waals surface area contributed by atoms with Crippen LogP contribution in [0.3, 0.4) is 0 Å². The van der Waals surface area contributed by atoms with E-state index in [4.69, 9.17) is 18.9 Å². The van der Waals surface area contributed by atoms with Crippen LogP contribution in [0.15, 0.2) is 18.2 Å². The number of carbonyl (C=O) groups excluding carboxylic acids is 1. The first kappa shape index (κ1) is 27.8. The number of hydrogen-bond donors (Lipinski definition) is 1. The molecule has 1 amide bonds. The molecule has 0 unspecified atom stereocenters. The standard InChI is InChI=1S/C26H34F2N4O6/c1-26(2,3)38-25(33)32-10-5-6-16(13-32)29-23-18-9-11-35-14-20(18)22(30-31-23)19-8-7-17(37-24(27)28)12-21(19)36-15-34-4/h7-8,12,16,24H,5-6,9-11,13-15H2,1-4H3,(H,29,31)/t16-/m1/s1. The monoisotopic (exact) mass is 536 g/mol. The van der Waals surface area contributed by atoms with Gasteiger partial charge in [-0.1, -0.05) is 0 Å². The molecule has 1 aromatic heterocycles. The second-order valence-electron chi connectivity index (χ2n) is 10.2. The molecule has 0 saturated carbocycles. The van der Waals surface area contributed by atoms with Crippen molar-refractivity contribution in [1.82, 2.24) is 15.1 Å². The van der Waals surface area contributed by atoms with Gasteiger partial charge in [-0.05, 0) is 52.2 Å². The van der Waals surface area contributed by atoms with Crippen molar-refractivity contribution in [1.29, 1.82) is 0 Å². The number of methoxy groups -OCH3 is 1. The molecule has 0 radical (unpaired) electrons. The fourth-order valence-corrected chi connectivity index (χ4v) is 4.51. The van der Waals surface area contributed by atoms with E-state index in [1.165, 1.54) is 19.2 Å². The predicted molar refractivity (Wildman–Crippen MR) is 134 cm³/mol. The van der Waals surface area contributed by atoms with Gasteiger partial charge in [-0.25, -0.2) is 4.79 Å². The summed E-state index contributed by atoms with van der Waals surface area (Å²) in [6.07, 6.45) is 1.99. The number of nitrogens with zero attached hydrogens (tertiary/aromatic N) is 3. The number of rotatable bonds is 8. The number of aromatic nitrogens is 2. The number of nitrogens with one attached hydrogen (secondary N) is 1. The van der Waals surface area contributed by atoms with E-state index in [0.717, 1.165) is 24.0 Å². The maximum Gasteiger partial charge on any atom is 0.410 e. The van der Waals surface area contributed by atoms with Crippen molar-refractivity contribution in [3.63, 3.8) is 0 Å². The zero-order valence-electron chi connectivity index (χ0n) is 22.1. The molecular formula is C26H34F2N4O6. The Kier molecular flexibility index (Phi) is 8.83. The Balaban J connectivity index is 1.60. The molecular weight excluding hydrogens is 502 g/mol. The van der Waals surface area contributed by atoms with Crippen molar-refractivity contribution in [2.75, 3.05) is 38.9 Å². The molecule has 1 saturated heterocycles. The molecule has 1 atom stereocenters. The number of piperidine rings is 1. The molecule has 12 heteroatoms. The first-order valence-corrected chi connectivity index (χ1v) is 12.6. The zero-order valence-corrected chi connectivity index (χ0v) is 22.1. The third kappa shape index (κ3) is 6.98. The number of hydrogen-bond acceptors (Lipinski definition) is 9. The number of amides is 1. The van der Waals surface area contributed by atoms with Crippen molar-refractivity contribution in [3.05, 3.63) is 29.3 Å². The normalized spacial score (nSPS) is 17.7. The molecule has 0 spiro atoms. The zero-order chi connectivity index (χ0) is 27.3. The summed E-state index contributed by atoms with van der Waals surface area (Å²) in [5.74, 6) is 0.867. The number of fused-ring (bicyclic) bond motifs is 1. The smallest absolute Gasteiger partial charge is 0.410 e. The number of alkyl halides is 2. The Hall–Kier alpha value is -3.25. The van der Waals surface area contributed by atoms with Crippen molar-refractivity contribution in [2.45, 2.75) is 64.9 Å². The first-order valence-electron chi connectivity index (χ1n) is 12.6. The van der Waals surface area contributed by atoms with E-state index in [2.05, 4.69) is 20.3 Å². The van der Waals surface area contributed by atoms with Crippen molar-refractivity contribution >= 4 is 11.9 Å². The third-order valence-electron chi connectivity index (χ3n) is 6.11. The highest BCUT2D eigenvalue weighted by molar-refractivity contribution is 5.74. The van der Waals surface area contributed by atoms with Gasteiger partial charge in [0, 0.05) is 49.0 Å². The number of likely N-dealkylation sites (tertiary alicyclic amines) is 1. The highest BCUT2D eigenvalue weighted by atomic mass is 19.3. The lowest BCUT2D eigenvalue weighted by atomic mass is 9.97. The Labute approximate surface area is 220 Å². The molecule has 1 fully saturated rings. The minimum atomic E-state index is -2.96. The summed E-state index contributed by atoms with van der Waals surface area (Å²) in [6, 6.07) is 4.39. The molecule has 3 heterocycles. The SMILES string of the molecule is COCOc1cc(OC(F)F)ccc1-c1nnc(N[C@@H]2CCCN(C(=O)OC(C)(C)C)C2)c2c1COCC2. The molecule has 0 aliphatic carbocycles. The summed E-state index contributed by atoms with van der Waals surface area (Å²) in [7, 11) is 1.46. The highest BCUT2D eigenvalue weighted by Gasteiger charge is 2.30. The van der Waals surface area contributed by atoms with Crippen LogP contribution < -0.4 is 14.8 Å². The van der Waals surface area contributed by atoms with Crippen LogP contribution in [0.25, 0.3) is 11.3 Å². The topological polar surface area (TPSA) is 104 Å². The summed E-state index contributed by atoms with van der Waals surface area (Å²) in [4.78, 5) is 14.3. The summed E-state index contributed by atoms with van der Waals surface area (Å²) in [5, 5.41) is 12.5. The number of halogens is 2. The van der Waals surface area contributed by atoms with Crippen LogP contribution in [-0.2, 0) is 27.2 Å². The molecule has 1 aromatic carbocycles. The van der Waals surface area contributed by atoms with Crippen LogP contribution in [0.5, 0.6) is 11.5 Å². The Morgan fingerprint density at radius 2 is 2.08 bits per heavy atom. The van der Waals surface area contributed by atoms with Gasteiger partial charge in [0.1, 0.15) is 22.8 Å². The largest absolute Gasteiger partial charge is 0.467 e. The van der Waals surface area contributed by atoms with Gasteiger partial charge in [-0.2, -0.15) is 8.78 Å². The second-order valence-corrected chi connectivity index (χ2v) is 10.2. The van der Waals surface area contributed by atoms with E-state index in [-0.39, 0.29) is 30.4 Å². The molecule has 1 N–H and O–H groups in total. The van der Waals surface area contributed by atoms with Crippen molar-refractivity contribution in [3.8, 4) is 22.8 Å².